The number of methoxy groups -OCH3 is 1. The number of phenolic OH excluding ortho intramolecular Hbond substituents is 1. The lowest BCUT2D eigenvalue weighted by Gasteiger charge is -2.28. The topological polar surface area (TPSA) is 74.2 Å². The first-order chi connectivity index (χ1) is 12.5. The fourth-order valence-corrected chi connectivity index (χ4v) is 3.60. The third-order valence-electron chi connectivity index (χ3n) is 5.01. The molecule has 26 heavy (non-hydrogen) atoms. The average Bonchev–Trinajstić information content (AvgIpc) is 3.10. The van der Waals surface area contributed by atoms with E-state index in [4.69, 9.17) is 18.9 Å². The van der Waals surface area contributed by atoms with Crippen LogP contribution in [-0.4, -0.2) is 31.4 Å². The lowest BCUT2D eigenvalue weighted by molar-refractivity contribution is 0.0823. The Balaban J connectivity index is 1.68. The van der Waals surface area contributed by atoms with E-state index in [-0.39, 0.29) is 30.9 Å². The number of hydrogen-bond donors (Lipinski definition) is 1. The van der Waals surface area contributed by atoms with Crippen molar-refractivity contribution in [2.75, 3.05) is 20.5 Å². The SMILES string of the molecule is COc1c(C)c(O)c(C)c2c1C(=O)C(Cc1ccc3c(c1)OCO3)CO2. The molecule has 2 aromatic carbocycles. The number of fused-ring (bicyclic) bond motifs is 2. The number of carbonyl (C=O) groups is 1. The summed E-state index contributed by atoms with van der Waals surface area (Å²) in [6.07, 6.45) is 0.525. The molecule has 0 saturated carbocycles. The van der Waals surface area contributed by atoms with Crippen LogP contribution < -0.4 is 18.9 Å². The van der Waals surface area contributed by atoms with Gasteiger partial charge in [0.05, 0.1) is 19.6 Å². The standard InChI is InChI=1S/C20H20O6/c1-10-17(21)11(2)20-16(19(10)23-3)18(22)13(8-24-20)6-12-4-5-14-15(7-12)26-9-25-14/h4-5,7,13,21H,6,8-9H2,1-3H3. The molecule has 136 valence electrons. The summed E-state index contributed by atoms with van der Waals surface area (Å²) >= 11 is 0. The molecule has 4 rings (SSSR count). The molecular formula is C20H20O6. The zero-order valence-electron chi connectivity index (χ0n) is 14.9. The lowest BCUT2D eigenvalue weighted by atomic mass is 9.87. The molecule has 0 bridgehead atoms. The number of ether oxygens (including phenoxy) is 4. The van der Waals surface area contributed by atoms with Gasteiger partial charge in [0.2, 0.25) is 6.79 Å². The van der Waals surface area contributed by atoms with Gasteiger partial charge in [-0.3, -0.25) is 4.79 Å². The molecule has 0 aromatic heterocycles. The van der Waals surface area contributed by atoms with Crippen molar-refractivity contribution >= 4 is 5.78 Å². The third-order valence-corrected chi connectivity index (χ3v) is 5.01. The molecule has 6 heteroatoms. The summed E-state index contributed by atoms with van der Waals surface area (Å²) in [7, 11) is 1.49. The molecule has 6 nitrogen and oxygen atoms in total. The van der Waals surface area contributed by atoms with Gasteiger partial charge in [0.25, 0.3) is 0 Å². The average molecular weight is 356 g/mol. The van der Waals surface area contributed by atoms with Crippen molar-refractivity contribution in [3.63, 3.8) is 0 Å². The van der Waals surface area contributed by atoms with Crippen molar-refractivity contribution in [2.24, 2.45) is 5.92 Å². The van der Waals surface area contributed by atoms with Crippen LogP contribution in [-0.2, 0) is 6.42 Å². The summed E-state index contributed by atoms with van der Waals surface area (Å²) in [5, 5.41) is 10.3. The summed E-state index contributed by atoms with van der Waals surface area (Å²) in [5.41, 5.74) is 2.50. The van der Waals surface area contributed by atoms with Crippen LogP contribution in [0.5, 0.6) is 28.7 Å². The van der Waals surface area contributed by atoms with Crippen LogP contribution in [0.3, 0.4) is 0 Å². The fourth-order valence-electron chi connectivity index (χ4n) is 3.60. The van der Waals surface area contributed by atoms with Gasteiger partial charge in [0.15, 0.2) is 17.3 Å². The van der Waals surface area contributed by atoms with E-state index in [1.165, 1.54) is 7.11 Å². The van der Waals surface area contributed by atoms with Gasteiger partial charge in [0, 0.05) is 11.1 Å². The van der Waals surface area contributed by atoms with E-state index >= 15 is 0 Å². The minimum Gasteiger partial charge on any atom is -0.507 e. The first-order valence-electron chi connectivity index (χ1n) is 8.47. The van der Waals surface area contributed by atoms with Gasteiger partial charge >= 0.3 is 0 Å². The van der Waals surface area contributed by atoms with Crippen LogP contribution in [0.2, 0.25) is 0 Å². The number of carbonyl (C=O) groups excluding carboxylic acids is 1. The molecule has 2 aliphatic rings. The molecule has 1 N–H and O–H groups in total. The van der Waals surface area contributed by atoms with Gasteiger partial charge in [-0.2, -0.15) is 0 Å². The highest BCUT2D eigenvalue weighted by molar-refractivity contribution is 6.05. The second-order valence-electron chi connectivity index (χ2n) is 6.60. The Kier molecular flexibility index (Phi) is 3.90. The Hall–Kier alpha value is -2.89. The van der Waals surface area contributed by atoms with Crippen LogP contribution in [0.15, 0.2) is 18.2 Å². The van der Waals surface area contributed by atoms with Gasteiger partial charge in [-0.05, 0) is 38.0 Å². The van der Waals surface area contributed by atoms with Crippen LogP contribution >= 0.6 is 0 Å². The van der Waals surface area contributed by atoms with Gasteiger partial charge in [-0.15, -0.1) is 0 Å². The van der Waals surface area contributed by atoms with Crippen LogP contribution in [0.25, 0.3) is 0 Å². The number of rotatable bonds is 3. The zero-order valence-corrected chi connectivity index (χ0v) is 14.9. The molecular weight excluding hydrogens is 336 g/mol. The lowest BCUT2D eigenvalue weighted by Crippen LogP contribution is -2.30. The largest absolute Gasteiger partial charge is 0.507 e. The van der Waals surface area contributed by atoms with Gasteiger partial charge in [-0.25, -0.2) is 0 Å². The maximum atomic E-state index is 13.2. The van der Waals surface area contributed by atoms with Crippen LogP contribution in [0.1, 0.15) is 27.0 Å². The van der Waals surface area contributed by atoms with Gasteiger partial charge in [-0.1, -0.05) is 6.07 Å². The van der Waals surface area contributed by atoms with E-state index in [0.717, 1.165) is 5.56 Å². The number of phenols is 1. The van der Waals surface area contributed by atoms with Crippen molar-refractivity contribution in [2.45, 2.75) is 20.3 Å². The van der Waals surface area contributed by atoms with Gasteiger partial charge in [0.1, 0.15) is 22.8 Å². The van der Waals surface area contributed by atoms with E-state index in [1.807, 2.05) is 18.2 Å². The summed E-state index contributed by atoms with van der Waals surface area (Å²) in [4.78, 5) is 13.2. The third kappa shape index (κ3) is 2.44. The van der Waals surface area contributed by atoms with Crippen molar-refractivity contribution in [1.82, 2.24) is 0 Å². The quantitative estimate of drug-likeness (QED) is 0.910. The molecule has 1 unspecified atom stereocenters. The maximum absolute atomic E-state index is 13.2. The Morgan fingerprint density at radius 1 is 1.15 bits per heavy atom. The molecule has 0 aliphatic carbocycles. The Bertz CT molecular complexity index is 879. The van der Waals surface area contributed by atoms with Crippen molar-refractivity contribution in [1.29, 1.82) is 0 Å². The predicted octanol–water partition coefficient (Wildman–Crippen LogP) is 3.18. The minimum atomic E-state index is -0.333. The Morgan fingerprint density at radius 2 is 1.92 bits per heavy atom. The minimum absolute atomic E-state index is 0.0352. The number of ketones is 1. The molecule has 2 heterocycles. The Labute approximate surface area is 151 Å². The maximum Gasteiger partial charge on any atom is 0.231 e. The highest BCUT2D eigenvalue weighted by Gasteiger charge is 2.35. The van der Waals surface area contributed by atoms with E-state index in [1.54, 1.807) is 13.8 Å². The molecule has 2 aliphatic heterocycles. The number of hydrogen-bond acceptors (Lipinski definition) is 6. The summed E-state index contributed by atoms with van der Waals surface area (Å²) < 4.78 is 22.0. The number of Topliss-reactive ketones (excluding diaryl/α,β-unsaturated/α-hetero) is 1. The number of benzene rings is 2. The van der Waals surface area contributed by atoms with Crippen molar-refractivity contribution in [3.8, 4) is 28.7 Å². The van der Waals surface area contributed by atoms with E-state index < -0.39 is 0 Å². The van der Waals surface area contributed by atoms with Gasteiger partial charge < -0.3 is 24.1 Å². The normalized spacial score (nSPS) is 17.7. The molecule has 1 atom stereocenters. The smallest absolute Gasteiger partial charge is 0.231 e. The van der Waals surface area contributed by atoms with Crippen molar-refractivity contribution < 1.29 is 28.8 Å². The number of aromatic hydroxyl groups is 1. The highest BCUT2D eigenvalue weighted by Crippen LogP contribution is 2.45. The first-order valence-corrected chi connectivity index (χ1v) is 8.47. The zero-order chi connectivity index (χ0) is 18.4. The molecule has 0 spiro atoms. The van der Waals surface area contributed by atoms with Crippen LogP contribution in [0.4, 0.5) is 0 Å². The summed E-state index contributed by atoms with van der Waals surface area (Å²) in [5.74, 6) is 1.94. The second kappa shape index (κ2) is 6.12. The molecule has 0 fully saturated rings. The van der Waals surface area contributed by atoms with Crippen molar-refractivity contribution in [3.05, 3.63) is 40.5 Å². The summed E-state index contributed by atoms with van der Waals surface area (Å²) in [6.45, 7) is 3.95. The summed E-state index contributed by atoms with van der Waals surface area (Å²) in [6, 6.07) is 5.68. The first kappa shape index (κ1) is 16.6. The molecule has 0 amide bonds. The molecule has 0 radical (unpaired) electrons. The monoisotopic (exact) mass is 356 g/mol. The molecule has 0 saturated heterocycles. The Morgan fingerprint density at radius 3 is 2.69 bits per heavy atom. The predicted molar refractivity (Wildman–Crippen MR) is 93.7 cm³/mol. The van der Waals surface area contributed by atoms with E-state index in [0.29, 0.717) is 46.1 Å². The van der Waals surface area contributed by atoms with E-state index in [2.05, 4.69) is 0 Å². The second-order valence-corrected chi connectivity index (χ2v) is 6.60. The highest BCUT2D eigenvalue weighted by atomic mass is 16.7. The molecule has 2 aromatic rings. The van der Waals surface area contributed by atoms with E-state index in [9.17, 15) is 9.90 Å². The fraction of sp³-hybridized carbons (Fsp3) is 0.350. The van der Waals surface area contributed by atoms with Crippen LogP contribution in [0, 0.1) is 19.8 Å².